The zero-order valence-corrected chi connectivity index (χ0v) is 13.1. The highest BCUT2D eigenvalue weighted by Crippen LogP contribution is 2.12. The van der Waals surface area contributed by atoms with Crippen molar-refractivity contribution in [1.82, 2.24) is 10.6 Å². The molecule has 0 aliphatic heterocycles. The molecule has 0 atom stereocenters. The van der Waals surface area contributed by atoms with Crippen molar-refractivity contribution in [2.45, 2.75) is 39.7 Å². The quantitative estimate of drug-likeness (QED) is 0.785. The van der Waals surface area contributed by atoms with E-state index in [0.29, 0.717) is 6.54 Å². The van der Waals surface area contributed by atoms with Gasteiger partial charge in [-0.25, -0.2) is 4.79 Å². The highest BCUT2D eigenvalue weighted by Gasteiger charge is 2.12. The lowest BCUT2D eigenvalue weighted by molar-refractivity contribution is 0.232. The Kier molecular flexibility index (Phi) is 6.36. The van der Waals surface area contributed by atoms with Crippen LogP contribution in [0.4, 0.5) is 10.5 Å². The number of nitrogens with zero attached hydrogens (tertiary/aromatic N) is 1. The van der Waals surface area contributed by atoms with Crippen molar-refractivity contribution in [3.63, 3.8) is 0 Å². The number of carbonyl (C=O) groups excluding carboxylic acids is 1. The molecule has 2 N–H and O–H groups in total. The molecule has 1 rings (SSSR count). The smallest absolute Gasteiger partial charge is 0.315 e. The minimum absolute atomic E-state index is 0.0970. The number of hydrogen-bond acceptors (Lipinski definition) is 2. The van der Waals surface area contributed by atoms with Gasteiger partial charge in [-0.2, -0.15) is 0 Å². The van der Waals surface area contributed by atoms with Crippen molar-refractivity contribution in [3.05, 3.63) is 30.3 Å². The van der Waals surface area contributed by atoms with Gasteiger partial charge in [0.2, 0.25) is 0 Å². The van der Waals surface area contributed by atoms with E-state index in [2.05, 4.69) is 34.6 Å². The standard InChI is InChI=1S/C16H27N3O/c1-5-19(14-10-7-6-8-11-14)13-9-12-17-15(20)18-16(2,3)4/h6-8,10-11H,5,9,12-13H2,1-4H3,(H2,17,18,20). The van der Waals surface area contributed by atoms with Crippen LogP contribution in [0.3, 0.4) is 0 Å². The second-order valence-electron chi connectivity index (χ2n) is 5.90. The summed E-state index contributed by atoms with van der Waals surface area (Å²) in [7, 11) is 0. The van der Waals surface area contributed by atoms with Gasteiger partial charge in [-0.15, -0.1) is 0 Å². The lowest BCUT2D eigenvalue weighted by atomic mass is 10.1. The Bertz CT molecular complexity index is 398. The monoisotopic (exact) mass is 277 g/mol. The average molecular weight is 277 g/mol. The normalized spacial score (nSPS) is 11.0. The van der Waals surface area contributed by atoms with Crippen LogP contribution in [0.15, 0.2) is 30.3 Å². The predicted octanol–water partition coefficient (Wildman–Crippen LogP) is 3.00. The first-order valence-corrected chi connectivity index (χ1v) is 7.28. The molecule has 4 heteroatoms. The highest BCUT2D eigenvalue weighted by molar-refractivity contribution is 5.74. The number of benzene rings is 1. The summed E-state index contributed by atoms with van der Waals surface area (Å²) < 4.78 is 0. The molecule has 0 aromatic heterocycles. The van der Waals surface area contributed by atoms with Gasteiger partial charge in [0.1, 0.15) is 0 Å². The third-order valence-electron chi connectivity index (χ3n) is 2.88. The van der Waals surface area contributed by atoms with Crippen LogP contribution in [0.5, 0.6) is 0 Å². The third-order valence-corrected chi connectivity index (χ3v) is 2.88. The molecule has 2 amide bonds. The van der Waals surface area contributed by atoms with Crippen LogP contribution in [0.25, 0.3) is 0 Å². The molecular weight excluding hydrogens is 250 g/mol. The summed E-state index contributed by atoms with van der Waals surface area (Å²) in [5.74, 6) is 0. The Balaban J connectivity index is 2.28. The second kappa shape index (κ2) is 7.78. The number of amides is 2. The van der Waals surface area contributed by atoms with Crippen molar-refractivity contribution in [2.75, 3.05) is 24.5 Å². The van der Waals surface area contributed by atoms with Gasteiger partial charge < -0.3 is 15.5 Å². The van der Waals surface area contributed by atoms with Crippen LogP contribution in [-0.2, 0) is 0 Å². The number of para-hydroxylation sites is 1. The van der Waals surface area contributed by atoms with Crippen molar-refractivity contribution < 1.29 is 4.79 Å². The van der Waals surface area contributed by atoms with Gasteiger partial charge in [-0.3, -0.25) is 0 Å². The Hall–Kier alpha value is -1.71. The lowest BCUT2D eigenvalue weighted by Crippen LogP contribution is -2.46. The van der Waals surface area contributed by atoms with Gasteiger partial charge in [-0.1, -0.05) is 18.2 Å². The highest BCUT2D eigenvalue weighted by atomic mass is 16.2. The Labute approximate surface area is 122 Å². The Morgan fingerprint density at radius 3 is 2.40 bits per heavy atom. The summed E-state index contributed by atoms with van der Waals surface area (Å²) in [6, 6.07) is 10.3. The Morgan fingerprint density at radius 2 is 1.85 bits per heavy atom. The first-order chi connectivity index (χ1) is 9.42. The number of anilines is 1. The van der Waals surface area contributed by atoms with E-state index in [0.717, 1.165) is 19.5 Å². The van der Waals surface area contributed by atoms with E-state index in [-0.39, 0.29) is 11.6 Å². The molecule has 0 aliphatic carbocycles. The molecule has 112 valence electrons. The van der Waals surface area contributed by atoms with Crippen LogP contribution < -0.4 is 15.5 Å². The summed E-state index contributed by atoms with van der Waals surface area (Å²) in [6.07, 6.45) is 0.931. The largest absolute Gasteiger partial charge is 0.372 e. The number of hydrogen-bond donors (Lipinski definition) is 2. The fraction of sp³-hybridized carbons (Fsp3) is 0.562. The van der Waals surface area contributed by atoms with Crippen LogP contribution in [0.1, 0.15) is 34.1 Å². The molecule has 20 heavy (non-hydrogen) atoms. The lowest BCUT2D eigenvalue weighted by Gasteiger charge is -2.24. The average Bonchev–Trinajstić information content (AvgIpc) is 2.38. The molecule has 1 aromatic rings. The Morgan fingerprint density at radius 1 is 1.20 bits per heavy atom. The van der Waals surface area contributed by atoms with E-state index in [1.165, 1.54) is 5.69 Å². The summed E-state index contributed by atoms with van der Waals surface area (Å²) in [4.78, 5) is 13.9. The third kappa shape index (κ3) is 6.45. The van der Waals surface area contributed by atoms with Crippen LogP contribution in [0, 0.1) is 0 Å². The van der Waals surface area contributed by atoms with E-state index in [9.17, 15) is 4.79 Å². The SMILES string of the molecule is CCN(CCCNC(=O)NC(C)(C)C)c1ccccc1. The van der Waals surface area contributed by atoms with Gasteiger partial charge in [0.15, 0.2) is 0 Å². The van der Waals surface area contributed by atoms with E-state index in [1.807, 2.05) is 39.0 Å². The van der Waals surface area contributed by atoms with Crippen LogP contribution >= 0.6 is 0 Å². The van der Waals surface area contributed by atoms with E-state index in [1.54, 1.807) is 0 Å². The maximum Gasteiger partial charge on any atom is 0.315 e. The molecule has 4 nitrogen and oxygen atoms in total. The first kappa shape index (κ1) is 16.3. The summed E-state index contributed by atoms with van der Waals surface area (Å²) in [6.45, 7) is 10.7. The maximum absolute atomic E-state index is 11.6. The van der Waals surface area contributed by atoms with Gasteiger partial charge >= 0.3 is 6.03 Å². The molecule has 0 saturated heterocycles. The molecule has 0 heterocycles. The van der Waals surface area contributed by atoms with Crippen molar-refractivity contribution in [3.8, 4) is 0 Å². The fourth-order valence-electron chi connectivity index (χ4n) is 1.97. The van der Waals surface area contributed by atoms with Gasteiger partial charge in [0.05, 0.1) is 0 Å². The van der Waals surface area contributed by atoms with Crippen molar-refractivity contribution >= 4 is 11.7 Å². The van der Waals surface area contributed by atoms with Crippen molar-refractivity contribution in [2.24, 2.45) is 0 Å². The van der Waals surface area contributed by atoms with E-state index < -0.39 is 0 Å². The molecule has 0 unspecified atom stereocenters. The zero-order chi connectivity index (χ0) is 15.0. The molecule has 0 spiro atoms. The number of urea groups is 1. The molecular formula is C16H27N3O. The summed E-state index contributed by atoms with van der Waals surface area (Å²) in [5.41, 5.74) is 1.04. The number of carbonyl (C=O) groups is 1. The van der Waals surface area contributed by atoms with Crippen LogP contribution in [0.2, 0.25) is 0 Å². The van der Waals surface area contributed by atoms with Crippen molar-refractivity contribution in [1.29, 1.82) is 0 Å². The number of nitrogens with one attached hydrogen (secondary N) is 2. The topological polar surface area (TPSA) is 44.4 Å². The molecule has 0 bridgehead atoms. The maximum atomic E-state index is 11.6. The number of rotatable bonds is 6. The summed E-state index contributed by atoms with van der Waals surface area (Å²) in [5, 5.41) is 5.78. The van der Waals surface area contributed by atoms with Gasteiger partial charge in [-0.05, 0) is 46.2 Å². The molecule has 0 aliphatic rings. The van der Waals surface area contributed by atoms with Crippen LogP contribution in [-0.4, -0.2) is 31.2 Å². The predicted molar refractivity (Wildman–Crippen MR) is 85.2 cm³/mol. The minimum atomic E-state index is -0.191. The minimum Gasteiger partial charge on any atom is -0.372 e. The fourth-order valence-corrected chi connectivity index (χ4v) is 1.97. The molecule has 0 saturated carbocycles. The summed E-state index contributed by atoms with van der Waals surface area (Å²) >= 11 is 0. The second-order valence-corrected chi connectivity index (χ2v) is 5.90. The van der Waals surface area contributed by atoms with E-state index in [4.69, 9.17) is 0 Å². The molecule has 0 fully saturated rings. The first-order valence-electron chi connectivity index (χ1n) is 7.28. The van der Waals surface area contributed by atoms with Gasteiger partial charge in [0.25, 0.3) is 0 Å². The zero-order valence-electron chi connectivity index (χ0n) is 13.1. The molecule has 0 radical (unpaired) electrons. The van der Waals surface area contributed by atoms with Gasteiger partial charge in [0, 0.05) is 30.9 Å². The van der Waals surface area contributed by atoms with E-state index >= 15 is 0 Å². The molecule has 1 aromatic carbocycles.